The van der Waals surface area contributed by atoms with Crippen molar-refractivity contribution in [1.29, 1.82) is 0 Å². The maximum Gasteiger partial charge on any atom is 0.208 e. The molecule has 20 heavy (non-hydrogen) atoms. The fourth-order valence-corrected chi connectivity index (χ4v) is 2.65. The van der Waals surface area contributed by atoms with E-state index in [0.29, 0.717) is 0 Å². The van der Waals surface area contributed by atoms with Crippen LogP contribution in [0.15, 0.2) is 24.3 Å². The largest absolute Gasteiger partial charge is 0.497 e. The number of ether oxygens (including phenoxy) is 1. The molecule has 0 unspecified atom stereocenters. The van der Waals surface area contributed by atoms with Crippen molar-refractivity contribution in [3.05, 3.63) is 34.8 Å². The third kappa shape index (κ3) is 3.48. The molecule has 0 saturated heterocycles. The van der Waals surface area contributed by atoms with Gasteiger partial charge in [0, 0.05) is 19.0 Å². The van der Waals surface area contributed by atoms with E-state index >= 15 is 0 Å². The van der Waals surface area contributed by atoms with Crippen molar-refractivity contribution in [2.75, 3.05) is 19.1 Å². The van der Waals surface area contributed by atoms with Crippen LogP contribution in [0.1, 0.15) is 31.3 Å². The molecule has 0 saturated carbocycles. The molecule has 1 aromatic heterocycles. The predicted molar refractivity (Wildman–Crippen MR) is 83.7 cm³/mol. The first-order valence-corrected chi connectivity index (χ1v) is 7.40. The Labute approximate surface area is 124 Å². The number of anilines is 1. The Bertz CT molecular complexity index is 574. The molecule has 2 aromatic rings. The molecular formula is C15H21N3OS. The highest BCUT2D eigenvalue weighted by molar-refractivity contribution is 7.15. The Balaban J connectivity index is 2.11. The van der Waals surface area contributed by atoms with Crippen molar-refractivity contribution in [2.24, 2.45) is 0 Å². The second kappa shape index (κ2) is 5.79. The van der Waals surface area contributed by atoms with Crippen molar-refractivity contribution in [3.63, 3.8) is 0 Å². The monoisotopic (exact) mass is 291 g/mol. The van der Waals surface area contributed by atoms with E-state index in [4.69, 9.17) is 4.74 Å². The van der Waals surface area contributed by atoms with Gasteiger partial charge in [-0.25, -0.2) is 0 Å². The van der Waals surface area contributed by atoms with Crippen LogP contribution in [0.5, 0.6) is 5.75 Å². The predicted octanol–water partition coefficient (Wildman–Crippen LogP) is 3.48. The minimum absolute atomic E-state index is 0.0483. The number of methoxy groups -OCH3 is 1. The second-order valence-electron chi connectivity index (χ2n) is 5.85. The molecule has 0 bridgehead atoms. The number of hydrogen-bond acceptors (Lipinski definition) is 5. The molecule has 2 rings (SSSR count). The summed E-state index contributed by atoms with van der Waals surface area (Å²) in [6.45, 7) is 7.24. The van der Waals surface area contributed by atoms with Crippen molar-refractivity contribution >= 4 is 16.5 Å². The quantitative estimate of drug-likeness (QED) is 0.864. The van der Waals surface area contributed by atoms with Crippen LogP contribution in [-0.4, -0.2) is 24.4 Å². The molecule has 0 amide bonds. The summed E-state index contributed by atoms with van der Waals surface area (Å²) in [4.78, 5) is 2.11. The van der Waals surface area contributed by atoms with Gasteiger partial charge in [0.1, 0.15) is 10.8 Å². The van der Waals surface area contributed by atoms with Gasteiger partial charge in [0.15, 0.2) is 0 Å². The van der Waals surface area contributed by atoms with Gasteiger partial charge in [0.2, 0.25) is 5.13 Å². The Morgan fingerprint density at radius 2 is 2.00 bits per heavy atom. The summed E-state index contributed by atoms with van der Waals surface area (Å²) < 4.78 is 5.25. The fraction of sp³-hybridized carbons (Fsp3) is 0.467. The molecule has 0 spiro atoms. The van der Waals surface area contributed by atoms with Crippen LogP contribution in [0.2, 0.25) is 0 Å². The molecule has 1 aromatic carbocycles. The topological polar surface area (TPSA) is 38.2 Å². The van der Waals surface area contributed by atoms with Crippen LogP contribution in [-0.2, 0) is 12.0 Å². The zero-order valence-electron chi connectivity index (χ0n) is 12.7. The molecule has 1 heterocycles. The summed E-state index contributed by atoms with van der Waals surface area (Å²) in [6, 6.07) is 8.09. The van der Waals surface area contributed by atoms with Gasteiger partial charge in [-0.15, -0.1) is 10.2 Å². The maximum absolute atomic E-state index is 5.25. The van der Waals surface area contributed by atoms with Gasteiger partial charge in [-0.1, -0.05) is 44.2 Å². The first-order chi connectivity index (χ1) is 9.40. The average Bonchev–Trinajstić information content (AvgIpc) is 2.88. The van der Waals surface area contributed by atoms with E-state index in [2.05, 4.69) is 41.9 Å². The van der Waals surface area contributed by atoms with Crippen molar-refractivity contribution < 1.29 is 4.74 Å². The third-order valence-corrected chi connectivity index (χ3v) is 4.40. The van der Waals surface area contributed by atoms with E-state index in [0.717, 1.165) is 22.4 Å². The minimum Gasteiger partial charge on any atom is -0.497 e. The van der Waals surface area contributed by atoms with E-state index in [9.17, 15) is 0 Å². The molecule has 5 heteroatoms. The van der Waals surface area contributed by atoms with Gasteiger partial charge in [0.05, 0.1) is 7.11 Å². The summed E-state index contributed by atoms with van der Waals surface area (Å²) in [5, 5.41) is 10.6. The Morgan fingerprint density at radius 3 is 2.60 bits per heavy atom. The van der Waals surface area contributed by atoms with Crippen LogP contribution < -0.4 is 9.64 Å². The van der Waals surface area contributed by atoms with Gasteiger partial charge in [-0.2, -0.15) is 0 Å². The Morgan fingerprint density at radius 1 is 1.25 bits per heavy atom. The first-order valence-electron chi connectivity index (χ1n) is 6.58. The standard InChI is InChI=1S/C15H21N3OS/c1-15(2,3)13-16-17-14(20-13)18(4)10-11-7-6-8-12(9-11)19-5/h6-9H,10H2,1-5H3. The summed E-state index contributed by atoms with van der Waals surface area (Å²) in [7, 11) is 3.72. The van der Waals surface area contributed by atoms with Gasteiger partial charge in [-0.05, 0) is 17.7 Å². The normalized spacial score (nSPS) is 11.4. The lowest BCUT2D eigenvalue weighted by Gasteiger charge is -2.16. The summed E-state index contributed by atoms with van der Waals surface area (Å²) >= 11 is 1.65. The summed E-state index contributed by atoms with van der Waals surface area (Å²) in [5.41, 5.74) is 1.24. The number of hydrogen-bond donors (Lipinski definition) is 0. The number of rotatable bonds is 4. The van der Waals surface area contributed by atoms with Crippen molar-refractivity contribution in [2.45, 2.75) is 32.7 Å². The van der Waals surface area contributed by atoms with Crippen LogP contribution in [0.4, 0.5) is 5.13 Å². The molecule has 0 aliphatic rings. The second-order valence-corrected chi connectivity index (χ2v) is 6.80. The average molecular weight is 291 g/mol. The molecule has 4 nitrogen and oxygen atoms in total. The highest BCUT2D eigenvalue weighted by Crippen LogP contribution is 2.29. The smallest absolute Gasteiger partial charge is 0.208 e. The number of aromatic nitrogens is 2. The number of benzene rings is 1. The molecule has 0 fully saturated rings. The molecule has 0 aliphatic heterocycles. The summed E-state index contributed by atoms with van der Waals surface area (Å²) in [6.07, 6.45) is 0. The zero-order chi connectivity index (χ0) is 14.8. The Hall–Kier alpha value is -1.62. The first kappa shape index (κ1) is 14.8. The lowest BCUT2D eigenvalue weighted by molar-refractivity contribution is 0.414. The van der Waals surface area contributed by atoms with E-state index < -0.39 is 0 Å². The molecule has 0 aliphatic carbocycles. The molecule has 0 N–H and O–H groups in total. The molecule has 108 valence electrons. The maximum atomic E-state index is 5.25. The minimum atomic E-state index is 0.0483. The van der Waals surface area contributed by atoms with Crippen molar-refractivity contribution in [1.82, 2.24) is 10.2 Å². The summed E-state index contributed by atoms with van der Waals surface area (Å²) in [5.74, 6) is 0.878. The highest BCUT2D eigenvalue weighted by Gasteiger charge is 2.20. The van der Waals surface area contributed by atoms with Gasteiger partial charge in [-0.3, -0.25) is 0 Å². The van der Waals surface area contributed by atoms with E-state index in [1.54, 1.807) is 18.4 Å². The van der Waals surface area contributed by atoms with Crippen LogP contribution in [0.25, 0.3) is 0 Å². The third-order valence-electron chi connectivity index (χ3n) is 2.94. The Kier molecular flexibility index (Phi) is 4.28. The zero-order valence-corrected chi connectivity index (χ0v) is 13.5. The van der Waals surface area contributed by atoms with Crippen LogP contribution in [0, 0.1) is 0 Å². The van der Waals surface area contributed by atoms with Crippen LogP contribution in [0.3, 0.4) is 0 Å². The van der Waals surface area contributed by atoms with Gasteiger partial charge in [0.25, 0.3) is 0 Å². The fourth-order valence-electron chi connectivity index (χ4n) is 1.79. The van der Waals surface area contributed by atoms with Gasteiger partial charge < -0.3 is 9.64 Å². The molecule has 0 radical (unpaired) electrons. The lowest BCUT2D eigenvalue weighted by atomic mass is 9.98. The van der Waals surface area contributed by atoms with E-state index in [1.807, 2.05) is 25.2 Å². The molecular weight excluding hydrogens is 270 g/mol. The lowest BCUT2D eigenvalue weighted by Crippen LogP contribution is -2.16. The van der Waals surface area contributed by atoms with E-state index in [1.165, 1.54) is 5.56 Å². The number of nitrogens with zero attached hydrogens (tertiary/aromatic N) is 3. The molecule has 0 atom stereocenters. The van der Waals surface area contributed by atoms with Gasteiger partial charge >= 0.3 is 0 Å². The highest BCUT2D eigenvalue weighted by atomic mass is 32.1. The van der Waals surface area contributed by atoms with Crippen LogP contribution >= 0.6 is 11.3 Å². The SMILES string of the molecule is COc1cccc(CN(C)c2nnc(C(C)(C)C)s2)c1. The van der Waals surface area contributed by atoms with Crippen molar-refractivity contribution in [3.8, 4) is 5.75 Å². The van der Waals surface area contributed by atoms with E-state index in [-0.39, 0.29) is 5.41 Å².